The molecular weight excluding hydrogens is 164 g/mol. The van der Waals surface area contributed by atoms with Gasteiger partial charge >= 0.3 is 0 Å². The summed E-state index contributed by atoms with van der Waals surface area (Å²) in [5.74, 6) is -2.67. The number of piperidine rings is 1. The lowest BCUT2D eigenvalue weighted by Crippen LogP contribution is -2.60. The lowest BCUT2D eigenvalue weighted by molar-refractivity contribution is -0.0693. The van der Waals surface area contributed by atoms with Gasteiger partial charge in [0.05, 0.1) is 6.61 Å². The Morgan fingerprint density at radius 3 is 2.50 bits per heavy atom. The minimum atomic E-state index is -2.67. The van der Waals surface area contributed by atoms with Crippen LogP contribution in [0.2, 0.25) is 0 Å². The van der Waals surface area contributed by atoms with Crippen LogP contribution in [0.4, 0.5) is 8.78 Å². The van der Waals surface area contributed by atoms with E-state index in [4.69, 9.17) is 4.74 Å². The summed E-state index contributed by atoms with van der Waals surface area (Å²) in [6.45, 7) is 0.443. The molecule has 2 nitrogen and oxygen atoms in total. The summed E-state index contributed by atoms with van der Waals surface area (Å²) < 4.78 is 31.4. The third-order valence-electron chi connectivity index (χ3n) is 2.83. The van der Waals surface area contributed by atoms with E-state index < -0.39 is 18.1 Å². The fourth-order valence-electron chi connectivity index (χ4n) is 2.00. The maximum atomic E-state index is 13.3. The maximum Gasteiger partial charge on any atom is 0.290 e. The van der Waals surface area contributed by atoms with Gasteiger partial charge in [-0.25, -0.2) is 8.78 Å². The minimum absolute atomic E-state index is 0.167. The van der Waals surface area contributed by atoms with E-state index in [0.717, 1.165) is 12.8 Å². The Balaban J connectivity index is 2.17. The normalized spacial score (nSPS) is 40.5. The van der Waals surface area contributed by atoms with Crippen LogP contribution in [-0.2, 0) is 4.74 Å². The van der Waals surface area contributed by atoms with Crippen molar-refractivity contribution in [2.75, 3.05) is 19.8 Å². The molecule has 70 valence electrons. The first-order chi connectivity index (χ1) is 5.66. The molecule has 2 aliphatic rings. The quantitative estimate of drug-likeness (QED) is 0.599. The topological polar surface area (TPSA) is 21.3 Å². The number of rotatable bonds is 0. The van der Waals surface area contributed by atoms with Crippen LogP contribution in [0, 0.1) is 0 Å². The summed E-state index contributed by atoms with van der Waals surface area (Å²) in [7, 11) is 0. The summed E-state index contributed by atoms with van der Waals surface area (Å²) >= 11 is 0. The zero-order valence-electron chi connectivity index (χ0n) is 6.91. The molecule has 0 amide bonds. The Hall–Kier alpha value is -0.220. The lowest BCUT2D eigenvalue weighted by atomic mass is 9.85. The van der Waals surface area contributed by atoms with Crippen LogP contribution in [0.5, 0.6) is 0 Å². The van der Waals surface area contributed by atoms with Crippen LogP contribution in [0.25, 0.3) is 0 Å². The zero-order valence-corrected chi connectivity index (χ0v) is 6.91. The van der Waals surface area contributed by atoms with Gasteiger partial charge in [-0.1, -0.05) is 6.42 Å². The average molecular weight is 177 g/mol. The number of hydrogen-bond acceptors (Lipinski definition) is 2. The molecule has 0 bridgehead atoms. The molecule has 0 saturated carbocycles. The van der Waals surface area contributed by atoms with Crippen molar-refractivity contribution in [1.82, 2.24) is 5.32 Å². The second-order valence-electron chi connectivity index (χ2n) is 3.66. The van der Waals surface area contributed by atoms with Crippen molar-refractivity contribution in [3.63, 3.8) is 0 Å². The van der Waals surface area contributed by atoms with Crippen LogP contribution >= 0.6 is 0 Å². The zero-order chi connectivity index (χ0) is 8.66. The Kier molecular flexibility index (Phi) is 1.84. The number of alkyl halides is 2. The van der Waals surface area contributed by atoms with Crippen LogP contribution in [0.1, 0.15) is 19.3 Å². The molecule has 2 saturated heterocycles. The van der Waals surface area contributed by atoms with Gasteiger partial charge in [-0.15, -0.1) is 0 Å². The van der Waals surface area contributed by atoms with E-state index >= 15 is 0 Å². The van der Waals surface area contributed by atoms with Gasteiger partial charge in [0.1, 0.15) is 12.1 Å². The van der Waals surface area contributed by atoms with Crippen LogP contribution < -0.4 is 5.32 Å². The van der Waals surface area contributed by atoms with Gasteiger partial charge in [0.15, 0.2) is 0 Å². The summed E-state index contributed by atoms with van der Waals surface area (Å²) in [6, 6.07) is 0. The SMILES string of the molecule is FC1(F)COCC12CCCCN2. The molecule has 0 aromatic rings. The molecule has 2 fully saturated rings. The summed E-state index contributed by atoms with van der Waals surface area (Å²) in [5, 5.41) is 2.91. The van der Waals surface area contributed by atoms with Gasteiger partial charge in [0, 0.05) is 0 Å². The fraction of sp³-hybridized carbons (Fsp3) is 1.00. The first kappa shape index (κ1) is 8.38. The van der Waals surface area contributed by atoms with Crippen molar-refractivity contribution >= 4 is 0 Å². The standard InChI is InChI=1S/C8H13F2NO/c9-8(10)6-12-5-7(8)3-1-2-4-11-7/h11H,1-6H2. The average Bonchev–Trinajstić information content (AvgIpc) is 2.30. The molecule has 12 heavy (non-hydrogen) atoms. The second-order valence-corrected chi connectivity index (χ2v) is 3.66. The molecule has 1 atom stereocenters. The fourth-order valence-corrected chi connectivity index (χ4v) is 2.00. The van der Waals surface area contributed by atoms with Crippen LogP contribution in [0.15, 0.2) is 0 Å². The molecule has 0 radical (unpaired) electrons. The molecule has 0 aliphatic carbocycles. The largest absolute Gasteiger partial charge is 0.373 e. The van der Waals surface area contributed by atoms with Gasteiger partial charge in [-0.3, -0.25) is 0 Å². The highest BCUT2D eigenvalue weighted by atomic mass is 19.3. The van der Waals surface area contributed by atoms with E-state index in [1.807, 2.05) is 0 Å². The first-order valence-electron chi connectivity index (χ1n) is 4.37. The Morgan fingerprint density at radius 2 is 2.00 bits per heavy atom. The molecule has 0 aromatic carbocycles. The van der Waals surface area contributed by atoms with Crippen LogP contribution in [-0.4, -0.2) is 31.2 Å². The van der Waals surface area contributed by atoms with E-state index in [1.54, 1.807) is 0 Å². The number of hydrogen-bond donors (Lipinski definition) is 1. The molecule has 2 heterocycles. The Bertz CT molecular complexity index is 178. The van der Waals surface area contributed by atoms with Crippen LogP contribution in [0.3, 0.4) is 0 Å². The molecule has 1 unspecified atom stereocenters. The number of halogens is 2. The molecular formula is C8H13F2NO. The van der Waals surface area contributed by atoms with Gasteiger partial charge < -0.3 is 10.1 Å². The Labute approximate surface area is 70.3 Å². The Morgan fingerprint density at radius 1 is 1.17 bits per heavy atom. The van der Waals surface area contributed by atoms with Gasteiger partial charge in [0.2, 0.25) is 0 Å². The van der Waals surface area contributed by atoms with Gasteiger partial charge in [-0.05, 0) is 19.4 Å². The highest BCUT2D eigenvalue weighted by molar-refractivity contribution is 5.05. The van der Waals surface area contributed by atoms with E-state index in [2.05, 4.69) is 5.32 Å². The number of ether oxygens (including phenoxy) is 1. The predicted molar refractivity (Wildman–Crippen MR) is 40.4 cm³/mol. The third-order valence-corrected chi connectivity index (χ3v) is 2.83. The van der Waals surface area contributed by atoms with E-state index in [0.29, 0.717) is 13.0 Å². The van der Waals surface area contributed by atoms with Gasteiger partial charge in [0.25, 0.3) is 5.92 Å². The lowest BCUT2D eigenvalue weighted by Gasteiger charge is -2.37. The predicted octanol–water partition coefficient (Wildman–Crippen LogP) is 1.16. The van der Waals surface area contributed by atoms with E-state index in [1.165, 1.54) is 0 Å². The van der Waals surface area contributed by atoms with Crippen molar-refractivity contribution in [2.24, 2.45) is 0 Å². The van der Waals surface area contributed by atoms with Crippen molar-refractivity contribution in [3.8, 4) is 0 Å². The highest BCUT2D eigenvalue weighted by Gasteiger charge is 2.58. The summed E-state index contributed by atoms with van der Waals surface area (Å²) in [5.41, 5.74) is -1.04. The van der Waals surface area contributed by atoms with Crippen molar-refractivity contribution < 1.29 is 13.5 Å². The minimum Gasteiger partial charge on any atom is -0.373 e. The molecule has 1 N–H and O–H groups in total. The molecule has 2 rings (SSSR count). The maximum absolute atomic E-state index is 13.3. The molecule has 0 aromatic heterocycles. The van der Waals surface area contributed by atoms with E-state index in [9.17, 15) is 8.78 Å². The number of nitrogens with one attached hydrogen (secondary N) is 1. The third kappa shape index (κ3) is 1.05. The smallest absolute Gasteiger partial charge is 0.290 e. The van der Waals surface area contributed by atoms with Crippen molar-refractivity contribution in [1.29, 1.82) is 0 Å². The molecule has 2 aliphatic heterocycles. The monoisotopic (exact) mass is 177 g/mol. The summed E-state index contributed by atoms with van der Waals surface area (Å²) in [4.78, 5) is 0. The second kappa shape index (κ2) is 2.64. The van der Waals surface area contributed by atoms with E-state index in [-0.39, 0.29) is 6.61 Å². The van der Waals surface area contributed by atoms with Gasteiger partial charge in [-0.2, -0.15) is 0 Å². The summed E-state index contributed by atoms with van der Waals surface area (Å²) in [6.07, 6.45) is 2.42. The molecule has 1 spiro atoms. The first-order valence-corrected chi connectivity index (χ1v) is 4.37. The van der Waals surface area contributed by atoms with Crippen molar-refractivity contribution in [2.45, 2.75) is 30.7 Å². The highest BCUT2D eigenvalue weighted by Crippen LogP contribution is 2.40. The molecule has 4 heteroatoms. The van der Waals surface area contributed by atoms with Crippen molar-refractivity contribution in [3.05, 3.63) is 0 Å².